The lowest BCUT2D eigenvalue weighted by Crippen LogP contribution is -2.49. The number of rotatable bonds is 8. The van der Waals surface area contributed by atoms with Gasteiger partial charge in [-0.1, -0.05) is 12.1 Å². The zero-order valence-corrected chi connectivity index (χ0v) is 16.3. The van der Waals surface area contributed by atoms with Crippen LogP contribution in [0.15, 0.2) is 18.2 Å². The van der Waals surface area contributed by atoms with Gasteiger partial charge in [-0.15, -0.1) is 0 Å². The number of hydrogen-bond donors (Lipinski definition) is 1. The van der Waals surface area contributed by atoms with E-state index >= 15 is 0 Å². The van der Waals surface area contributed by atoms with E-state index in [2.05, 4.69) is 61.3 Å². The summed E-state index contributed by atoms with van der Waals surface area (Å²) in [5, 5.41) is 3.37. The third kappa shape index (κ3) is 6.01. The molecular weight excluding hydrogens is 312 g/mol. The number of hydrogen-bond acceptors (Lipinski definition) is 4. The van der Waals surface area contributed by atoms with Crippen molar-refractivity contribution in [1.82, 2.24) is 15.1 Å². The van der Waals surface area contributed by atoms with Crippen LogP contribution in [0.2, 0.25) is 0 Å². The molecule has 0 bridgehead atoms. The van der Waals surface area contributed by atoms with Crippen molar-refractivity contribution < 1.29 is 4.79 Å². The molecule has 0 saturated carbocycles. The van der Waals surface area contributed by atoms with Crippen LogP contribution in [-0.4, -0.2) is 75.6 Å². The lowest BCUT2D eigenvalue weighted by atomic mass is 10.1. The maximum absolute atomic E-state index is 12.4. The third-order valence-electron chi connectivity index (χ3n) is 5.02. The maximum atomic E-state index is 12.4. The summed E-state index contributed by atoms with van der Waals surface area (Å²) in [6.07, 6.45) is 1.72. The number of benzene rings is 1. The van der Waals surface area contributed by atoms with Crippen LogP contribution in [0.4, 0.5) is 5.69 Å². The highest BCUT2D eigenvalue weighted by molar-refractivity contribution is 5.76. The molecule has 1 aromatic carbocycles. The summed E-state index contributed by atoms with van der Waals surface area (Å²) in [5.74, 6) is 0.278. The lowest BCUT2D eigenvalue weighted by Gasteiger charge is -2.37. The normalized spacial score (nSPS) is 15.1. The van der Waals surface area contributed by atoms with E-state index in [1.54, 1.807) is 0 Å². The minimum atomic E-state index is 0.278. The number of anilines is 1. The van der Waals surface area contributed by atoms with Crippen LogP contribution in [0.1, 0.15) is 24.0 Å². The summed E-state index contributed by atoms with van der Waals surface area (Å²) in [5.41, 5.74) is 4.00. The molecule has 1 aliphatic rings. The number of carbonyl (C=O) groups is 1. The Labute approximate surface area is 153 Å². The maximum Gasteiger partial charge on any atom is 0.223 e. The van der Waals surface area contributed by atoms with Crippen molar-refractivity contribution >= 4 is 11.6 Å². The molecule has 1 aromatic rings. The molecule has 1 saturated heterocycles. The summed E-state index contributed by atoms with van der Waals surface area (Å²) in [6, 6.07) is 6.47. The van der Waals surface area contributed by atoms with Crippen molar-refractivity contribution in [3.63, 3.8) is 0 Å². The minimum Gasteiger partial charge on any atom is -0.368 e. The Morgan fingerprint density at radius 2 is 1.84 bits per heavy atom. The van der Waals surface area contributed by atoms with Crippen LogP contribution < -0.4 is 10.2 Å². The molecule has 0 aliphatic carbocycles. The molecule has 5 nitrogen and oxygen atoms in total. The average Bonchev–Trinajstić information content (AvgIpc) is 2.60. The predicted molar refractivity (Wildman–Crippen MR) is 105 cm³/mol. The number of nitrogens with one attached hydrogen (secondary N) is 1. The monoisotopic (exact) mass is 346 g/mol. The molecule has 1 amide bonds. The fourth-order valence-electron chi connectivity index (χ4n) is 3.27. The number of nitrogens with zero attached hydrogens (tertiary/aromatic N) is 3. The zero-order valence-electron chi connectivity index (χ0n) is 16.3. The predicted octanol–water partition coefficient (Wildman–Crippen LogP) is 1.88. The molecule has 2 rings (SSSR count). The van der Waals surface area contributed by atoms with Gasteiger partial charge in [0, 0.05) is 44.8 Å². The van der Waals surface area contributed by atoms with E-state index < -0.39 is 0 Å². The molecule has 1 heterocycles. The second kappa shape index (κ2) is 9.78. The largest absolute Gasteiger partial charge is 0.368 e. The molecule has 0 radical (unpaired) electrons. The molecule has 5 heteroatoms. The summed E-state index contributed by atoms with van der Waals surface area (Å²) in [6.45, 7) is 10.7. The Morgan fingerprint density at radius 3 is 2.52 bits per heavy atom. The Morgan fingerprint density at radius 1 is 1.12 bits per heavy atom. The highest BCUT2D eigenvalue weighted by Crippen LogP contribution is 2.23. The Bertz CT molecular complexity index is 551. The van der Waals surface area contributed by atoms with E-state index in [0.717, 1.165) is 52.2 Å². The number of piperazine rings is 1. The molecule has 1 aliphatic heterocycles. The highest BCUT2D eigenvalue weighted by Gasteiger charge is 2.21. The first-order valence-electron chi connectivity index (χ1n) is 9.43. The summed E-state index contributed by atoms with van der Waals surface area (Å²) < 4.78 is 0. The van der Waals surface area contributed by atoms with Gasteiger partial charge in [-0.05, 0) is 64.6 Å². The van der Waals surface area contributed by atoms with Gasteiger partial charge in [0.25, 0.3) is 0 Å². The minimum absolute atomic E-state index is 0.278. The smallest absolute Gasteiger partial charge is 0.223 e. The van der Waals surface area contributed by atoms with Crippen molar-refractivity contribution in [3.05, 3.63) is 29.3 Å². The van der Waals surface area contributed by atoms with Gasteiger partial charge in [-0.2, -0.15) is 0 Å². The Kier molecular flexibility index (Phi) is 7.72. The van der Waals surface area contributed by atoms with Gasteiger partial charge in [0.05, 0.1) is 0 Å². The van der Waals surface area contributed by atoms with Crippen molar-refractivity contribution in [3.8, 4) is 0 Å². The first kappa shape index (κ1) is 19.7. The van der Waals surface area contributed by atoms with Crippen LogP contribution in [0.5, 0.6) is 0 Å². The molecule has 0 spiro atoms. The van der Waals surface area contributed by atoms with Crippen LogP contribution in [0, 0.1) is 13.8 Å². The summed E-state index contributed by atoms with van der Waals surface area (Å²) in [4.78, 5) is 19.0. The Balaban J connectivity index is 1.69. The van der Waals surface area contributed by atoms with Gasteiger partial charge < -0.3 is 20.0 Å². The number of amides is 1. The van der Waals surface area contributed by atoms with Gasteiger partial charge >= 0.3 is 0 Å². The van der Waals surface area contributed by atoms with E-state index in [1.807, 2.05) is 4.90 Å². The molecule has 0 atom stereocenters. The first-order valence-corrected chi connectivity index (χ1v) is 9.43. The van der Waals surface area contributed by atoms with E-state index in [-0.39, 0.29) is 5.91 Å². The van der Waals surface area contributed by atoms with Gasteiger partial charge in [-0.25, -0.2) is 0 Å². The topological polar surface area (TPSA) is 38.8 Å². The molecule has 25 heavy (non-hydrogen) atoms. The molecule has 0 unspecified atom stereocenters. The fraction of sp³-hybridized carbons (Fsp3) is 0.650. The van der Waals surface area contributed by atoms with Gasteiger partial charge in [0.2, 0.25) is 5.91 Å². The summed E-state index contributed by atoms with van der Waals surface area (Å²) >= 11 is 0. The van der Waals surface area contributed by atoms with Crippen molar-refractivity contribution in [1.29, 1.82) is 0 Å². The molecule has 140 valence electrons. The van der Waals surface area contributed by atoms with Crippen LogP contribution >= 0.6 is 0 Å². The zero-order chi connectivity index (χ0) is 18.2. The van der Waals surface area contributed by atoms with E-state index in [9.17, 15) is 4.79 Å². The van der Waals surface area contributed by atoms with E-state index in [1.165, 1.54) is 16.8 Å². The van der Waals surface area contributed by atoms with E-state index in [0.29, 0.717) is 6.42 Å². The fourth-order valence-corrected chi connectivity index (χ4v) is 3.27. The van der Waals surface area contributed by atoms with Gasteiger partial charge in [-0.3, -0.25) is 4.79 Å². The highest BCUT2D eigenvalue weighted by atomic mass is 16.2. The molecular formula is C20H34N4O. The second-order valence-corrected chi connectivity index (χ2v) is 7.24. The molecule has 0 aromatic heterocycles. The quantitative estimate of drug-likeness (QED) is 0.730. The second-order valence-electron chi connectivity index (χ2n) is 7.24. The number of aryl methyl sites for hydroxylation is 1. The van der Waals surface area contributed by atoms with Gasteiger partial charge in [0.15, 0.2) is 0 Å². The molecule has 1 N–H and O–H groups in total. The SMILES string of the molecule is Cc1cccc(N2CCN(C(=O)CCNCCCN(C)C)CC2)c1C. The van der Waals surface area contributed by atoms with Gasteiger partial charge in [0.1, 0.15) is 0 Å². The Hall–Kier alpha value is -1.59. The van der Waals surface area contributed by atoms with Crippen LogP contribution in [0.3, 0.4) is 0 Å². The standard InChI is InChI=1S/C20H34N4O/c1-17-7-5-8-19(18(17)2)23-13-15-24(16-14-23)20(25)9-11-21-10-6-12-22(3)4/h5,7-8,21H,6,9-16H2,1-4H3. The lowest BCUT2D eigenvalue weighted by molar-refractivity contribution is -0.131. The molecule has 1 fully saturated rings. The van der Waals surface area contributed by atoms with Crippen LogP contribution in [0.25, 0.3) is 0 Å². The van der Waals surface area contributed by atoms with Crippen molar-refractivity contribution in [2.45, 2.75) is 26.7 Å². The van der Waals surface area contributed by atoms with Crippen molar-refractivity contribution in [2.24, 2.45) is 0 Å². The summed E-state index contributed by atoms with van der Waals surface area (Å²) in [7, 11) is 4.17. The third-order valence-corrected chi connectivity index (χ3v) is 5.02. The van der Waals surface area contributed by atoms with E-state index in [4.69, 9.17) is 0 Å². The first-order chi connectivity index (χ1) is 12.0. The van der Waals surface area contributed by atoms with Crippen LogP contribution in [-0.2, 0) is 4.79 Å². The average molecular weight is 347 g/mol. The number of carbonyl (C=O) groups excluding carboxylic acids is 1. The van der Waals surface area contributed by atoms with Crippen molar-refractivity contribution in [2.75, 3.05) is 64.8 Å².